The zero-order valence-corrected chi connectivity index (χ0v) is 16.3. The van der Waals surface area contributed by atoms with E-state index in [1.807, 2.05) is 13.8 Å². The lowest BCUT2D eigenvalue weighted by Gasteiger charge is -2.43. The number of amides is 1. The minimum atomic E-state index is -0.762. The van der Waals surface area contributed by atoms with Crippen LogP contribution in [0.3, 0.4) is 0 Å². The zero-order chi connectivity index (χ0) is 20.1. The predicted octanol–water partition coefficient (Wildman–Crippen LogP) is 2.94. The van der Waals surface area contributed by atoms with Crippen LogP contribution in [0.5, 0.6) is 0 Å². The fraction of sp³-hybridized carbons (Fsp3) is 0.429. The highest BCUT2D eigenvalue weighted by Gasteiger charge is 2.36. The third-order valence-electron chi connectivity index (χ3n) is 5.34. The van der Waals surface area contributed by atoms with E-state index >= 15 is 0 Å². The van der Waals surface area contributed by atoms with E-state index in [9.17, 15) is 13.6 Å². The number of carbonyl (C=O) groups is 1. The molecule has 0 radical (unpaired) electrons. The highest BCUT2D eigenvalue weighted by atomic mass is 19.1. The number of hydrogen-bond acceptors (Lipinski definition) is 4. The molecule has 1 fully saturated rings. The molecule has 28 heavy (non-hydrogen) atoms. The van der Waals surface area contributed by atoms with Crippen LogP contribution in [0, 0.1) is 11.6 Å². The highest BCUT2D eigenvalue weighted by Crippen LogP contribution is 2.21. The van der Waals surface area contributed by atoms with Crippen LogP contribution in [0.4, 0.5) is 14.5 Å². The molecule has 2 aromatic rings. The maximum Gasteiger partial charge on any atom is 0.244 e. The van der Waals surface area contributed by atoms with Crippen molar-refractivity contribution in [1.82, 2.24) is 14.8 Å². The van der Waals surface area contributed by atoms with Gasteiger partial charge in [-0.15, -0.1) is 0 Å². The van der Waals surface area contributed by atoms with Gasteiger partial charge >= 0.3 is 0 Å². The number of pyridine rings is 1. The molecule has 0 atom stereocenters. The van der Waals surface area contributed by atoms with Gasteiger partial charge in [-0.3, -0.25) is 14.7 Å². The minimum Gasteiger partial charge on any atom is -0.322 e. The Morgan fingerprint density at radius 2 is 1.75 bits per heavy atom. The Morgan fingerprint density at radius 1 is 1.07 bits per heavy atom. The van der Waals surface area contributed by atoms with Crippen LogP contribution in [0.1, 0.15) is 19.5 Å². The van der Waals surface area contributed by atoms with E-state index in [2.05, 4.69) is 20.1 Å². The molecule has 1 aliphatic heterocycles. The summed E-state index contributed by atoms with van der Waals surface area (Å²) < 4.78 is 27.5. The largest absolute Gasteiger partial charge is 0.322 e. The molecule has 1 amide bonds. The second kappa shape index (κ2) is 8.75. The first kappa shape index (κ1) is 20.4. The summed E-state index contributed by atoms with van der Waals surface area (Å²) in [5.74, 6) is -0.952. The van der Waals surface area contributed by atoms with Gasteiger partial charge in [0.1, 0.15) is 11.6 Å². The van der Waals surface area contributed by atoms with Crippen molar-refractivity contribution in [3.05, 3.63) is 59.9 Å². The Labute approximate surface area is 164 Å². The molecule has 0 aliphatic carbocycles. The van der Waals surface area contributed by atoms with Gasteiger partial charge in [0, 0.05) is 45.3 Å². The summed E-state index contributed by atoms with van der Waals surface area (Å²) in [6.45, 7) is 7.41. The van der Waals surface area contributed by atoms with Gasteiger partial charge in [-0.05, 0) is 38.1 Å². The Kier molecular flexibility index (Phi) is 6.36. The number of carbonyl (C=O) groups excluding carboxylic acids is 1. The third-order valence-corrected chi connectivity index (χ3v) is 5.34. The minimum absolute atomic E-state index is 0.191. The topological polar surface area (TPSA) is 48.5 Å². The van der Waals surface area contributed by atoms with E-state index in [0.29, 0.717) is 25.2 Å². The molecule has 1 aromatic heterocycles. The molecule has 7 heteroatoms. The maximum absolute atomic E-state index is 13.8. The number of nitrogens with zero attached hydrogens (tertiary/aromatic N) is 3. The van der Waals surface area contributed by atoms with Gasteiger partial charge in [0.25, 0.3) is 0 Å². The van der Waals surface area contributed by atoms with Crippen LogP contribution in [-0.2, 0) is 11.2 Å². The predicted molar refractivity (Wildman–Crippen MR) is 105 cm³/mol. The van der Waals surface area contributed by atoms with Crippen LogP contribution in [0.25, 0.3) is 0 Å². The Balaban J connectivity index is 1.52. The third kappa shape index (κ3) is 4.72. The van der Waals surface area contributed by atoms with Gasteiger partial charge in [0.05, 0.1) is 16.9 Å². The summed E-state index contributed by atoms with van der Waals surface area (Å²) in [6.07, 6.45) is 2.16. The van der Waals surface area contributed by atoms with Crippen LogP contribution in [0.2, 0.25) is 0 Å². The van der Waals surface area contributed by atoms with Crippen molar-refractivity contribution in [2.24, 2.45) is 0 Å². The average molecular weight is 388 g/mol. The second-order valence-electron chi connectivity index (χ2n) is 7.50. The molecule has 1 saturated heterocycles. The highest BCUT2D eigenvalue weighted by molar-refractivity contribution is 5.97. The average Bonchev–Trinajstić information content (AvgIpc) is 2.69. The van der Waals surface area contributed by atoms with Gasteiger partial charge < -0.3 is 10.2 Å². The van der Waals surface area contributed by atoms with Crippen LogP contribution < -0.4 is 5.32 Å². The molecule has 0 bridgehead atoms. The van der Waals surface area contributed by atoms with E-state index in [4.69, 9.17) is 0 Å². The van der Waals surface area contributed by atoms with Crippen molar-refractivity contribution in [3.63, 3.8) is 0 Å². The fourth-order valence-corrected chi connectivity index (χ4v) is 3.38. The van der Waals surface area contributed by atoms with Crippen LogP contribution in [-0.4, -0.2) is 59.0 Å². The van der Waals surface area contributed by atoms with Crippen molar-refractivity contribution >= 4 is 11.6 Å². The number of para-hydroxylation sites is 1. The maximum atomic E-state index is 13.8. The molecular formula is C21H26F2N4O. The van der Waals surface area contributed by atoms with E-state index in [0.717, 1.165) is 19.6 Å². The lowest BCUT2D eigenvalue weighted by Crippen LogP contribution is -2.59. The van der Waals surface area contributed by atoms with Crippen molar-refractivity contribution in [2.75, 3.05) is 38.0 Å². The van der Waals surface area contributed by atoms with Crippen molar-refractivity contribution < 1.29 is 13.6 Å². The molecular weight excluding hydrogens is 362 g/mol. The fourth-order valence-electron chi connectivity index (χ4n) is 3.38. The number of rotatable bonds is 6. The standard InChI is InChI=1S/C21H26F2N4O/c1-21(2,20(28)25-19-8-4-3-6-17(19)23)27-14-12-26(13-15-27)11-9-18-16(22)7-5-10-24-18/h3-8,10H,9,11-15H2,1-2H3,(H,25,28). The van der Waals surface area contributed by atoms with E-state index in [1.54, 1.807) is 30.5 Å². The molecule has 0 spiro atoms. The number of hydrogen-bond donors (Lipinski definition) is 1. The SMILES string of the molecule is CC(C)(C(=O)Nc1ccccc1F)N1CCN(CCc2ncccc2F)CC1. The lowest BCUT2D eigenvalue weighted by molar-refractivity contribution is -0.127. The van der Waals surface area contributed by atoms with E-state index < -0.39 is 11.4 Å². The summed E-state index contributed by atoms with van der Waals surface area (Å²) in [6, 6.07) is 9.17. The number of nitrogens with one attached hydrogen (secondary N) is 1. The zero-order valence-electron chi connectivity index (χ0n) is 16.3. The Hall–Kier alpha value is -2.38. The number of halogens is 2. The molecule has 150 valence electrons. The first-order valence-electron chi connectivity index (χ1n) is 9.50. The smallest absolute Gasteiger partial charge is 0.244 e. The van der Waals surface area contributed by atoms with Gasteiger partial charge in [-0.25, -0.2) is 8.78 Å². The summed E-state index contributed by atoms with van der Waals surface area (Å²) in [7, 11) is 0. The quantitative estimate of drug-likeness (QED) is 0.827. The molecule has 1 aromatic carbocycles. The summed E-state index contributed by atoms with van der Waals surface area (Å²) in [5, 5.41) is 2.69. The number of piperazine rings is 1. The normalized spacial score (nSPS) is 16.1. The number of benzene rings is 1. The van der Waals surface area contributed by atoms with Gasteiger partial charge in [0.2, 0.25) is 5.91 Å². The molecule has 2 heterocycles. The second-order valence-corrected chi connectivity index (χ2v) is 7.50. The van der Waals surface area contributed by atoms with Gasteiger partial charge in [0.15, 0.2) is 0 Å². The summed E-state index contributed by atoms with van der Waals surface area (Å²) >= 11 is 0. The van der Waals surface area contributed by atoms with E-state index in [-0.39, 0.29) is 17.4 Å². The molecule has 0 saturated carbocycles. The van der Waals surface area contributed by atoms with Crippen LogP contribution >= 0.6 is 0 Å². The first-order valence-corrected chi connectivity index (χ1v) is 9.50. The summed E-state index contributed by atoms with van der Waals surface area (Å²) in [4.78, 5) is 21.2. The molecule has 3 rings (SSSR count). The molecule has 1 N–H and O–H groups in total. The number of aromatic nitrogens is 1. The first-order chi connectivity index (χ1) is 13.4. The van der Waals surface area contributed by atoms with Crippen molar-refractivity contribution in [2.45, 2.75) is 25.8 Å². The van der Waals surface area contributed by atoms with Crippen molar-refractivity contribution in [1.29, 1.82) is 0 Å². The van der Waals surface area contributed by atoms with Crippen molar-refractivity contribution in [3.8, 4) is 0 Å². The Morgan fingerprint density at radius 3 is 2.43 bits per heavy atom. The number of anilines is 1. The van der Waals surface area contributed by atoms with E-state index in [1.165, 1.54) is 12.1 Å². The Bertz CT molecular complexity index is 820. The monoisotopic (exact) mass is 388 g/mol. The molecule has 5 nitrogen and oxygen atoms in total. The summed E-state index contributed by atoms with van der Waals surface area (Å²) in [5.41, 5.74) is -0.0901. The van der Waals surface area contributed by atoms with Gasteiger partial charge in [-0.2, -0.15) is 0 Å². The van der Waals surface area contributed by atoms with Gasteiger partial charge in [-0.1, -0.05) is 12.1 Å². The lowest BCUT2D eigenvalue weighted by atomic mass is 10.00. The van der Waals surface area contributed by atoms with Crippen LogP contribution in [0.15, 0.2) is 42.6 Å². The molecule has 0 unspecified atom stereocenters. The molecule has 1 aliphatic rings.